The number of hydrogen-bond donors (Lipinski definition) is 2. The Hall–Kier alpha value is -2.28. The zero-order chi connectivity index (χ0) is 18.1. The summed E-state index contributed by atoms with van der Waals surface area (Å²) in [7, 11) is 1.58. The van der Waals surface area contributed by atoms with Crippen molar-refractivity contribution in [3.05, 3.63) is 24.3 Å². The molecule has 7 nitrogen and oxygen atoms in total. The quantitative estimate of drug-likeness (QED) is 0.706. The summed E-state index contributed by atoms with van der Waals surface area (Å²) in [6.45, 7) is 4.37. The first kappa shape index (κ1) is 19.1. The molecule has 0 radical (unpaired) electrons. The van der Waals surface area contributed by atoms with Crippen LogP contribution in [0.5, 0.6) is 5.75 Å². The molecular formula is C18H27N3O4. The minimum Gasteiger partial charge on any atom is -0.497 e. The van der Waals surface area contributed by atoms with E-state index in [1.54, 1.807) is 30.2 Å². The molecule has 138 valence electrons. The highest BCUT2D eigenvalue weighted by Crippen LogP contribution is 2.21. The molecule has 0 aliphatic carbocycles. The molecule has 1 atom stereocenters. The van der Waals surface area contributed by atoms with Crippen LogP contribution in [0.2, 0.25) is 0 Å². The third-order valence-corrected chi connectivity index (χ3v) is 4.11. The number of rotatable bonds is 8. The molecule has 2 N–H and O–H groups in total. The van der Waals surface area contributed by atoms with Gasteiger partial charge in [0.15, 0.2) is 0 Å². The molecule has 7 heteroatoms. The van der Waals surface area contributed by atoms with E-state index in [0.29, 0.717) is 44.2 Å². The fraction of sp³-hybridized carbons (Fsp3) is 0.556. The molecule has 1 saturated heterocycles. The number of nitrogens with one attached hydrogen (secondary N) is 2. The smallest absolute Gasteiger partial charge is 0.322 e. The van der Waals surface area contributed by atoms with Crippen molar-refractivity contribution in [2.24, 2.45) is 0 Å². The molecule has 0 spiro atoms. The molecular weight excluding hydrogens is 322 g/mol. The lowest BCUT2D eigenvalue weighted by Gasteiger charge is -2.24. The molecule has 1 aliphatic rings. The second kappa shape index (κ2) is 9.88. The summed E-state index contributed by atoms with van der Waals surface area (Å²) in [6.07, 6.45) is 2.27. The Morgan fingerprint density at radius 3 is 2.96 bits per heavy atom. The number of ether oxygens (including phenoxy) is 2. The number of carbonyl (C=O) groups excluding carboxylic acids is 2. The summed E-state index contributed by atoms with van der Waals surface area (Å²) in [6, 6.07) is 6.47. The summed E-state index contributed by atoms with van der Waals surface area (Å²) in [4.78, 5) is 26.5. The minimum atomic E-state index is -0.419. The maximum atomic E-state index is 12.5. The Morgan fingerprint density at radius 2 is 2.20 bits per heavy atom. The van der Waals surface area contributed by atoms with Gasteiger partial charge in [-0.05, 0) is 38.3 Å². The van der Waals surface area contributed by atoms with Gasteiger partial charge in [-0.15, -0.1) is 0 Å². The van der Waals surface area contributed by atoms with Gasteiger partial charge in [-0.25, -0.2) is 4.79 Å². The van der Waals surface area contributed by atoms with E-state index < -0.39 is 6.04 Å². The van der Waals surface area contributed by atoms with Gasteiger partial charge in [0.2, 0.25) is 5.91 Å². The van der Waals surface area contributed by atoms with E-state index in [0.717, 1.165) is 12.8 Å². The molecule has 0 bridgehead atoms. The molecule has 25 heavy (non-hydrogen) atoms. The maximum Gasteiger partial charge on any atom is 0.322 e. The van der Waals surface area contributed by atoms with Crippen LogP contribution in [0.25, 0.3) is 0 Å². The number of anilines is 1. The highest BCUT2D eigenvalue weighted by Gasteiger charge is 2.33. The predicted molar refractivity (Wildman–Crippen MR) is 95.9 cm³/mol. The van der Waals surface area contributed by atoms with E-state index >= 15 is 0 Å². The molecule has 0 saturated carbocycles. The average molecular weight is 349 g/mol. The topological polar surface area (TPSA) is 79.9 Å². The number of hydrogen-bond acceptors (Lipinski definition) is 4. The fourth-order valence-corrected chi connectivity index (χ4v) is 2.83. The van der Waals surface area contributed by atoms with Crippen molar-refractivity contribution in [3.63, 3.8) is 0 Å². The summed E-state index contributed by atoms with van der Waals surface area (Å²) < 4.78 is 10.4. The first-order chi connectivity index (χ1) is 12.2. The van der Waals surface area contributed by atoms with E-state index in [-0.39, 0.29) is 11.9 Å². The summed E-state index contributed by atoms with van der Waals surface area (Å²) >= 11 is 0. The van der Waals surface area contributed by atoms with E-state index in [4.69, 9.17) is 9.47 Å². The number of carbonyl (C=O) groups is 2. The van der Waals surface area contributed by atoms with E-state index in [1.165, 1.54) is 0 Å². The molecule has 2 rings (SSSR count). The largest absolute Gasteiger partial charge is 0.497 e. The van der Waals surface area contributed by atoms with Gasteiger partial charge in [-0.2, -0.15) is 0 Å². The van der Waals surface area contributed by atoms with Gasteiger partial charge in [-0.1, -0.05) is 6.07 Å². The van der Waals surface area contributed by atoms with Crippen LogP contribution >= 0.6 is 0 Å². The van der Waals surface area contributed by atoms with Gasteiger partial charge < -0.3 is 25.0 Å². The Morgan fingerprint density at radius 1 is 1.36 bits per heavy atom. The molecule has 0 unspecified atom stereocenters. The first-order valence-electron chi connectivity index (χ1n) is 8.72. The number of urea groups is 1. The van der Waals surface area contributed by atoms with Crippen molar-refractivity contribution in [1.82, 2.24) is 10.2 Å². The molecule has 1 heterocycles. The van der Waals surface area contributed by atoms with Crippen molar-refractivity contribution >= 4 is 17.6 Å². The second-order valence-corrected chi connectivity index (χ2v) is 5.86. The van der Waals surface area contributed by atoms with E-state index in [2.05, 4.69) is 10.6 Å². The number of nitrogens with zero attached hydrogens (tertiary/aromatic N) is 1. The Bertz CT molecular complexity index is 579. The first-order valence-corrected chi connectivity index (χ1v) is 8.72. The lowest BCUT2D eigenvalue weighted by atomic mass is 10.2. The van der Waals surface area contributed by atoms with Crippen LogP contribution in [0.3, 0.4) is 0 Å². The Kier molecular flexibility index (Phi) is 7.53. The Labute approximate surface area is 148 Å². The maximum absolute atomic E-state index is 12.5. The van der Waals surface area contributed by atoms with Crippen molar-refractivity contribution in [3.8, 4) is 5.75 Å². The fourth-order valence-electron chi connectivity index (χ4n) is 2.83. The monoisotopic (exact) mass is 349 g/mol. The lowest BCUT2D eigenvalue weighted by Crippen LogP contribution is -2.47. The number of amides is 3. The van der Waals surface area contributed by atoms with Crippen LogP contribution in [0.4, 0.5) is 10.5 Å². The summed E-state index contributed by atoms with van der Waals surface area (Å²) in [5.74, 6) is 0.567. The van der Waals surface area contributed by atoms with E-state index in [1.807, 2.05) is 13.0 Å². The molecule has 1 aliphatic heterocycles. The molecule has 0 aromatic heterocycles. The van der Waals surface area contributed by atoms with Crippen LogP contribution in [-0.4, -0.2) is 56.3 Å². The van der Waals surface area contributed by atoms with Gasteiger partial charge in [-0.3, -0.25) is 4.79 Å². The summed E-state index contributed by atoms with van der Waals surface area (Å²) in [5.41, 5.74) is 0.645. The number of likely N-dealkylation sites (tertiary alicyclic amines) is 1. The molecule has 1 fully saturated rings. The van der Waals surface area contributed by atoms with Gasteiger partial charge in [0.05, 0.1) is 7.11 Å². The second-order valence-electron chi connectivity index (χ2n) is 5.86. The van der Waals surface area contributed by atoms with Crippen molar-refractivity contribution in [1.29, 1.82) is 0 Å². The van der Waals surface area contributed by atoms with Crippen LogP contribution in [-0.2, 0) is 9.53 Å². The zero-order valence-electron chi connectivity index (χ0n) is 14.9. The zero-order valence-corrected chi connectivity index (χ0v) is 14.9. The number of methoxy groups -OCH3 is 1. The van der Waals surface area contributed by atoms with Gasteiger partial charge >= 0.3 is 6.03 Å². The average Bonchev–Trinajstić information content (AvgIpc) is 3.11. The van der Waals surface area contributed by atoms with Crippen LogP contribution < -0.4 is 15.4 Å². The van der Waals surface area contributed by atoms with E-state index in [9.17, 15) is 9.59 Å². The molecule has 3 amide bonds. The van der Waals surface area contributed by atoms with Gasteiger partial charge in [0.25, 0.3) is 0 Å². The minimum absolute atomic E-state index is 0.102. The number of benzene rings is 1. The highest BCUT2D eigenvalue weighted by atomic mass is 16.5. The van der Waals surface area contributed by atoms with Crippen LogP contribution in [0.15, 0.2) is 24.3 Å². The standard InChI is InChI=1S/C18H27N3O4/c1-3-25-12-6-10-19-17(22)16-9-5-11-21(16)18(23)20-14-7-4-8-15(13-14)24-2/h4,7-8,13,16H,3,5-6,9-12H2,1-2H3,(H,19,22)(H,20,23)/t16-/m1/s1. The van der Waals surface area contributed by atoms with Crippen LogP contribution in [0, 0.1) is 0 Å². The van der Waals surface area contributed by atoms with Gasteiger partial charge in [0, 0.05) is 38.1 Å². The van der Waals surface area contributed by atoms with Crippen molar-refractivity contribution < 1.29 is 19.1 Å². The lowest BCUT2D eigenvalue weighted by molar-refractivity contribution is -0.124. The normalized spacial score (nSPS) is 16.6. The van der Waals surface area contributed by atoms with Crippen molar-refractivity contribution in [2.45, 2.75) is 32.2 Å². The predicted octanol–water partition coefficient (Wildman–Crippen LogP) is 2.23. The molecule has 1 aromatic carbocycles. The highest BCUT2D eigenvalue weighted by molar-refractivity contribution is 5.94. The SMILES string of the molecule is CCOCCCNC(=O)[C@H]1CCCN1C(=O)Nc1cccc(OC)c1. The third-order valence-electron chi connectivity index (χ3n) is 4.11. The van der Waals surface area contributed by atoms with Crippen molar-refractivity contribution in [2.75, 3.05) is 38.7 Å². The summed E-state index contributed by atoms with van der Waals surface area (Å²) in [5, 5.41) is 5.72. The van der Waals surface area contributed by atoms with Gasteiger partial charge in [0.1, 0.15) is 11.8 Å². The van der Waals surface area contributed by atoms with Crippen LogP contribution in [0.1, 0.15) is 26.2 Å². The third kappa shape index (κ3) is 5.63. The Balaban J connectivity index is 1.86. The molecule has 1 aromatic rings.